The second-order valence-electron chi connectivity index (χ2n) is 5.43. The Hall–Kier alpha value is -1.65. The minimum Gasteiger partial charge on any atom is -0.469 e. The second kappa shape index (κ2) is 5.86. The molecule has 0 aromatic carbocycles. The van der Waals surface area contributed by atoms with Crippen molar-refractivity contribution in [3.05, 3.63) is 19.9 Å². The number of imidazole rings is 1. The van der Waals surface area contributed by atoms with Gasteiger partial charge in [0.25, 0.3) is 5.56 Å². The summed E-state index contributed by atoms with van der Waals surface area (Å²) in [5.41, 5.74) is 5.76. The molecule has 118 valence electrons. The van der Waals surface area contributed by atoms with Gasteiger partial charge in [-0.05, 0) is 48.3 Å². The zero-order valence-corrected chi connectivity index (χ0v) is 14.2. The van der Waals surface area contributed by atoms with Crippen LogP contribution in [0, 0.1) is 9.62 Å². The van der Waals surface area contributed by atoms with Gasteiger partial charge in [-0.15, -0.1) is 5.10 Å². The average molecular weight is 417 g/mol. The van der Waals surface area contributed by atoms with Gasteiger partial charge in [0.2, 0.25) is 5.95 Å². The third-order valence-electron chi connectivity index (χ3n) is 4.13. The maximum absolute atomic E-state index is 12.0. The summed E-state index contributed by atoms with van der Waals surface area (Å²) in [6.45, 7) is 0. The van der Waals surface area contributed by atoms with Crippen LogP contribution in [-0.4, -0.2) is 32.7 Å². The van der Waals surface area contributed by atoms with Crippen molar-refractivity contribution in [3.8, 4) is 0 Å². The summed E-state index contributed by atoms with van der Waals surface area (Å²) in [6, 6.07) is 0. The molecule has 0 spiro atoms. The first kappa shape index (κ1) is 15.3. The first-order valence-electron chi connectivity index (χ1n) is 7.03. The molecule has 0 unspecified atom stereocenters. The van der Waals surface area contributed by atoms with Crippen molar-refractivity contribution in [2.45, 2.75) is 31.6 Å². The number of nitrogens with one attached hydrogen (secondary N) is 1. The lowest BCUT2D eigenvalue weighted by Gasteiger charge is -2.25. The van der Waals surface area contributed by atoms with Crippen LogP contribution in [0.4, 0.5) is 5.95 Å². The predicted molar refractivity (Wildman–Crippen MR) is 87.5 cm³/mol. The number of fused-ring (bicyclic) bond motifs is 1. The van der Waals surface area contributed by atoms with E-state index in [1.807, 2.05) is 22.6 Å². The van der Waals surface area contributed by atoms with Gasteiger partial charge in [0.1, 0.15) is 9.53 Å². The number of aromatic amines is 1. The number of carbonyl (C=O) groups is 1. The number of aromatic nitrogens is 4. The van der Waals surface area contributed by atoms with Crippen molar-refractivity contribution >= 4 is 40.0 Å². The van der Waals surface area contributed by atoms with Gasteiger partial charge in [-0.25, -0.2) is 9.50 Å². The first-order valence-corrected chi connectivity index (χ1v) is 8.11. The molecular weight excluding hydrogens is 401 g/mol. The summed E-state index contributed by atoms with van der Waals surface area (Å²) in [7, 11) is 1.41. The molecule has 1 saturated carbocycles. The molecule has 2 aromatic heterocycles. The summed E-state index contributed by atoms with van der Waals surface area (Å²) >= 11 is 2.03. The number of H-pyrrole nitrogens is 1. The van der Waals surface area contributed by atoms with Crippen molar-refractivity contribution < 1.29 is 9.53 Å². The predicted octanol–water partition coefficient (Wildman–Crippen LogP) is 1.05. The number of esters is 1. The van der Waals surface area contributed by atoms with Crippen LogP contribution in [-0.2, 0) is 9.53 Å². The van der Waals surface area contributed by atoms with Crippen molar-refractivity contribution in [2.75, 3.05) is 12.8 Å². The lowest BCUT2D eigenvalue weighted by atomic mass is 9.81. The van der Waals surface area contributed by atoms with Crippen LogP contribution in [0.25, 0.3) is 5.52 Å². The number of anilines is 1. The highest BCUT2D eigenvalue weighted by Crippen LogP contribution is 2.36. The third-order valence-corrected chi connectivity index (χ3v) is 4.88. The van der Waals surface area contributed by atoms with Gasteiger partial charge in [-0.3, -0.25) is 14.6 Å². The smallest absolute Gasteiger partial charge is 0.308 e. The number of hydrogen-bond acceptors (Lipinski definition) is 6. The van der Waals surface area contributed by atoms with E-state index in [2.05, 4.69) is 15.1 Å². The number of hydrogen-bond donors (Lipinski definition) is 2. The van der Waals surface area contributed by atoms with Gasteiger partial charge in [0.05, 0.1) is 13.0 Å². The molecule has 1 fully saturated rings. The lowest BCUT2D eigenvalue weighted by molar-refractivity contribution is -0.146. The van der Waals surface area contributed by atoms with E-state index in [1.54, 1.807) is 4.52 Å². The van der Waals surface area contributed by atoms with Crippen LogP contribution >= 0.6 is 22.6 Å². The van der Waals surface area contributed by atoms with Crippen LogP contribution in [0.1, 0.15) is 37.4 Å². The van der Waals surface area contributed by atoms with Crippen molar-refractivity contribution in [1.29, 1.82) is 0 Å². The van der Waals surface area contributed by atoms with E-state index in [9.17, 15) is 9.59 Å². The van der Waals surface area contributed by atoms with E-state index in [0.717, 1.165) is 31.5 Å². The van der Waals surface area contributed by atoms with Gasteiger partial charge in [-0.1, -0.05) is 0 Å². The van der Waals surface area contributed by atoms with E-state index in [1.165, 1.54) is 7.11 Å². The molecule has 0 atom stereocenters. The van der Waals surface area contributed by atoms with Gasteiger partial charge in [0, 0.05) is 5.92 Å². The molecule has 9 heteroatoms. The Morgan fingerprint density at radius 3 is 2.73 bits per heavy atom. The van der Waals surface area contributed by atoms with E-state index in [0.29, 0.717) is 9.22 Å². The molecule has 1 aliphatic carbocycles. The van der Waals surface area contributed by atoms with Gasteiger partial charge in [-0.2, -0.15) is 0 Å². The highest BCUT2D eigenvalue weighted by atomic mass is 127. The quantitative estimate of drug-likeness (QED) is 0.558. The van der Waals surface area contributed by atoms with Gasteiger partial charge < -0.3 is 10.5 Å². The fourth-order valence-corrected chi connectivity index (χ4v) is 3.74. The molecular formula is C13H16IN5O3. The molecule has 0 aliphatic heterocycles. The summed E-state index contributed by atoms with van der Waals surface area (Å²) < 4.78 is 6.95. The zero-order chi connectivity index (χ0) is 15.9. The van der Waals surface area contributed by atoms with E-state index in [-0.39, 0.29) is 29.3 Å². The van der Waals surface area contributed by atoms with E-state index < -0.39 is 0 Å². The maximum Gasteiger partial charge on any atom is 0.308 e. The summed E-state index contributed by atoms with van der Waals surface area (Å²) in [4.78, 5) is 30.6. The minimum atomic E-state index is -0.293. The Balaban J connectivity index is 1.92. The number of nitrogens with two attached hydrogens (primary N) is 1. The Morgan fingerprint density at radius 2 is 2.09 bits per heavy atom. The van der Waals surface area contributed by atoms with E-state index >= 15 is 0 Å². The first-order chi connectivity index (χ1) is 10.5. The maximum atomic E-state index is 12.0. The molecule has 8 nitrogen and oxygen atoms in total. The molecule has 2 heterocycles. The molecule has 3 N–H and O–H groups in total. The fraction of sp³-hybridized carbons (Fsp3) is 0.538. The van der Waals surface area contributed by atoms with E-state index in [4.69, 9.17) is 10.5 Å². The lowest BCUT2D eigenvalue weighted by Crippen LogP contribution is -2.24. The summed E-state index contributed by atoms with van der Waals surface area (Å²) in [5, 5.41) is 4.18. The Morgan fingerprint density at radius 1 is 1.41 bits per heavy atom. The molecule has 0 saturated heterocycles. The highest BCUT2D eigenvalue weighted by molar-refractivity contribution is 14.1. The third kappa shape index (κ3) is 2.57. The Bertz CT molecular complexity index is 776. The van der Waals surface area contributed by atoms with Crippen molar-refractivity contribution in [3.63, 3.8) is 0 Å². The zero-order valence-electron chi connectivity index (χ0n) is 12.0. The molecule has 3 rings (SSSR count). The number of nitrogens with zero attached hydrogens (tertiary/aromatic N) is 3. The molecule has 2 aromatic rings. The minimum absolute atomic E-state index is 0.0482. The van der Waals surface area contributed by atoms with Crippen LogP contribution in [0.3, 0.4) is 0 Å². The Labute approximate surface area is 139 Å². The summed E-state index contributed by atoms with van der Waals surface area (Å²) in [5.74, 6) is 0.759. The van der Waals surface area contributed by atoms with Crippen LogP contribution in [0.5, 0.6) is 0 Å². The summed E-state index contributed by atoms with van der Waals surface area (Å²) in [6.07, 6.45) is 3.12. The largest absolute Gasteiger partial charge is 0.469 e. The average Bonchev–Trinajstić information content (AvgIpc) is 2.83. The van der Waals surface area contributed by atoms with Gasteiger partial charge >= 0.3 is 5.97 Å². The van der Waals surface area contributed by atoms with Gasteiger partial charge in [0.15, 0.2) is 5.52 Å². The highest BCUT2D eigenvalue weighted by Gasteiger charge is 2.31. The monoisotopic (exact) mass is 417 g/mol. The Kier molecular flexibility index (Phi) is 4.06. The molecule has 0 amide bonds. The molecule has 0 radical (unpaired) electrons. The topological polar surface area (TPSA) is 115 Å². The molecule has 1 aliphatic rings. The van der Waals surface area contributed by atoms with Crippen LogP contribution in [0.15, 0.2) is 4.79 Å². The normalized spacial score (nSPS) is 21.9. The standard InChI is InChI=1S/C13H16IN5O3/c1-22-12(21)7-4-2-6(3-5-7)10-16-9(14)8-11(20)17-13(15)18-19(8)10/h6-7H,2-5H2,1H3,(H3,15,17,18,20). The molecule has 0 bridgehead atoms. The second-order valence-corrected chi connectivity index (χ2v) is 6.45. The van der Waals surface area contributed by atoms with Crippen LogP contribution < -0.4 is 11.3 Å². The number of halogens is 1. The van der Waals surface area contributed by atoms with Crippen LogP contribution in [0.2, 0.25) is 0 Å². The number of nitrogen functional groups attached to an aromatic ring is 1. The fourth-order valence-electron chi connectivity index (χ4n) is 3.02. The molecule has 22 heavy (non-hydrogen) atoms. The number of rotatable bonds is 2. The number of methoxy groups -OCH3 is 1. The number of carbonyl (C=O) groups excluding carboxylic acids is 1. The number of ether oxygens (including phenoxy) is 1. The SMILES string of the molecule is COC(=O)C1CCC(c2nc(I)c3c(=O)[nH]c(N)nn23)CC1. The van der Waals surface area contributed by atoms with Crippen molar-refractivity contribution in [1.82, 2.24) is 19.6 Å². The van der Waals surface area contributed by atoms with Crippen molar-refractivity contribution in [2.24, 2.45) is 5.92 Å².